The molecule has 0 aliphatic rings. The fourth-order valence-corrected chi connectivity index (χ4v) is 2.53. The summed E-state index contributed by atoms with van der Waals surface area (Å²) < 4.78 is 11.6. The molecule has 0 spiro atoms. The quantitative estimate of drug-likeness (QED) is 0.298. The number of hydrogen-bond donors (Lipinski definition) is 2. The maximum atomic E-state index is 11.9. The molecule has 158 valence electrons. The van der Waals surface area contributed by atoms with E-state index in [0.29, 0.717) is 24.0 Å². The summed E-state index contributed by atoms with van der Waals surface area (Å²) in [5, 5.41) is 6.27. The lowest BCUT2D eigenvalue weighted by Crippen LogP contribution is -2.39. The SMILES string of the molecule is COc1ccc(NC(=NCc2ccc(Br)cc2)NCC(=O)N(C)C)cc1OC.I. The van der Waals surface area contributed by atoms with Gasteiger partial charge < -0.3 is 25.0 Å². The number of benzene rings is 2. The van der Waals surface area contributed by atoms with Crippen molar-refractivity contribution in [2.45, 2.75) is 6.54 Å². The number of nitrogens with zero attached hydrogens (tertiary/aromatic N) is 2. The number of rotatable bonds is 7. The second kappa shape index (κ2) is 12.5. The van der Waals surface area contributed by atoms with Gasteiger partial charge in [0, 0.05) is 30.3 Å². The molecule has 0 aromatic heterocycles. The lowest BCUT2D eigenvalue weighted by Gasteiger charge is -2.16. The number of guanidine groups is 1. The normalized spacial score (nSPS) is 10.6. The van der Waals surface area contributed by atoms with Gasteiger partial charge in [-0.25, -0.2) is 4.99 Å². The summed E-state index contributed by atoms with van der Waals surface area (Å²) in [6.45, 7) is 0.596. The third kappa shape index (κ3) is 8.09. The number of hydrogen-bond acceptors (Lipinski definition) is 4. The maximum absolute atomic E-state index is 11.9. The highest BCUT2D eigenvalue weighted by atomic mass is 127. The van der Waals surface area contributed by atoms with Crippen LogP contribution < -0.4 is 20.1 Å². The van der Waals surface area contributed by atoms with E-state index < -0.39 is 0 Å². The van der Waals surface area contributed by atoms with Gasteiger partial charge in [0.15, 0.2) is 17.5 Å². The Morgan fingerprint density at radius 2 is 1.72 bits per heavy atom. The van der Waals surface area contributed by atoms with Crippen molar-refractivity contribution in [1.82, 2.24) is 10.2 Å². The minimum atomic E-state index is -0.0505. The Morgan fingerprint density at radius 1 is 1.07 bits per heavy atom. The summed E-state index contributed by atoms with van der Waals surface area (Å²) in [5.41, 5.74) is 1.81. The highest BCUT2D eigenvalue weighted by Crippen LogP contribution is 2.29. The van der Waals surface area contributed by atoms with Crippen LogP contribution in [0.4, 0.5) is 5.69 Å². The molecule has 2 rings (SSSR count). The van der Waals surface area contributed by atoms with Crippen molar-refractivity contribution in [1.29, 1.82) is 0 Å². The number of nitrogens with one attached hydrogen (secondary N) is 2. The molecule has 2 aromatic carbocycles. The second-order valence-corrected chi connectivity index (χ2v) is 7.04. The first kappa shape index (κ1) is 25.0. The highest BCUT2D eigenvalue weighted by molar-refractivity contribution is 14.0. The highest BCUT2D eigenvalue weighted by Gasteiger charge is 2.09. The van der Waals surface area contributed by atoms with E-state index in [1.165, 1.54) is 4.90 Å². The zero-order valence-corrected chi connectivity index (χ0v) is 20.8. The van der Waals surface area contributed by atoms with Gasteiger partial charge in [0.05, 0.1) is 27.3 Å². The summed E-state index contributed by atoms with van der Waals surface area (Å²) in [6, 6.07) is 13.4. The third-order valence-corrected chi connectivity index (χ3v) is 4.41. The number of carbonyl (C=O) groups excluding carboxylic acids is 1. The number of carbonyl (C=O) groups is 1. The fourth-order valence-electron chi connectivity index (χ4n) is 2.27. The van der Waals surface area contributed by atoms with Crippen molar-refractivity contribution < 1.29 is 14.3 Å². The fraction of sp³-hybridized carbons (Fsp3) is 0.300. The molecule has 0 saturated carbocycles. The molecule has 0 saturated heterocycles. The third-order valence-electron chi connectivity index (χ3n) is 3.89. The van der Waals surface area contributed by atoms with Crippen LogP contribution >= 0.6 is 39.9 Å². The Labute approximate surface area is 197 Å². The first-order valence-corrected chi connectivity index (χ1v) is 9.44. The molecule has 0 heterocycles. The van der Waals surface area contributed by atoms with Gasteiger partial charge in [-0.05, 0) is 29.8 Å². The number of ether oxygens (including phenoxy) is 2. The van der Waals surface area contributed by atoms with Gasteiger partial charge in [-0.15, -0.1) is 24.0 Å². The van der Waals surface area contributed by atoms with Crippen LogP contribution in [0.3, 0.4) is 0 Å². The standard InChI is InChI=1S/C20H25BrN4O3.HI/c1-25(2)19(26)13-23-20(22-12-14-5-7-15(21)8-6-14)24-16-9-10-17(27-3)18(11-16)28-4;/h5-11H,12-13H2,1-4H3,(H2,22,23,24);1H. The molecule has 9 heteroatoms. The summed E-state index contributed by atoms with van der Waals surface area (Å²) in [7, 11) is 6.59. The minimum absolute atomic E-state index is 0. The predicted molar refractivity (Wildman–Crippen MR) is 131 cm³/mol. The van der Waals surface area contributed by atoms with E-state index in [2.05, 4.69) is 31.6 Å². The smallest absolute Gasteiger partial charge is 0.241 e. The Balaban J connectivity index is 0.00000420. The van der Waals surface area contributed by atoms with E-state index >= 15 is 0 Å². The van der Waals surface area contributed by atoms with E-state index in [1.807, 2.05) is 36.4 Å². The molecule has 0 unspecified atom stereocenters. The van der Waals surface area contributed by atoms with Crippen molar-refractivity contribution in [2.24, 2.45) is 4.99 Å². The van der Waals surface area contributed by atoms with Crippen LogP contribution in [0, 0.1) is 0 Å². The van der Waals surface area contributed by atoms with Gasteiger partial charge in [-0.3, -0.25) is 4.79 Å². The van der Waals surface area contributed by atoms with Crippen molar-refractivity contribution in [3.05, 3.63) is 52.5 Å². The van der Waals surface area contributed by atoms with Gasteiger partial charge in [-0.1, -0.05) is 28.1 Å². The molecule has 0 fully saturated rings. The van der Waals surface area contributed by atoms with Gasteiger partial charge in [0.25, 0.3) is 0 Å². The van der Waals surface area contributed by atoms with Crippen molar-refractivity contribution in [3.8, 4) is 11.5 Å². The predicted octanol–water partition coefficient (Wildman–Crippen LogP) is 3.73. The van der Waals surface area contributed by atoms with E-state index in [1.54, 1.807) is 34.4 Å². The average Bonchev–Trinajstić information content (AvgIpc) is 2.70. The topological polar surface area (TPSA) is 75.2 Å². The van der Waals surface area contributed by atoms with Crippen molar-refractivity contribution >= 4 is 57.5 Å². The molecule has 0 radical (unpaired) electrons. The van der Waals surface area contributed by atoms with E-state index in [0.717, 1.165) is 15.7 Å². The van der Waals surface area contributed by atoms with Crippen LogP contribution in [-0.4, -0.2) is 51.6 Å². The number of likely N-dealkylation sites (N-methyl/N-ethyl adjacent to an activating group) is 1. The molecular weight excluding hydrogens is 551 g/mol. The van der Waals surface area contributed by atoms with Crippen LogP contribution in [-0.2, 0) is 11.3 Å². The van der Waals surface area contributed by atoms with E-state index in [4.69, 9.17) is 9.47 Å². The molecule has 1 amide bonds. The lowest BCUT2D eigenvalue weighted by atomic mass is 10.2. The van der Waals surface area contributed by atoms with Crippen LogP contribution in [0.15, 0.2) is 51.9 Å². The van der Waals surface area contributed by atoms with Gasteiger partial charge in [0.1, 0.15) is 0 Å². The molecule has 2 N–H and O–H groups in total. The average molecular weight is 577 g/mol. The number of halogens is 2. The van der Waals surface area contributed by atoms with Gasteiger partial charge in [-0.2, -0.15) is 0 Å². The van der Waals surface area contributed by atoms with Crippen LogP contribution in [0.25, 0.3) is 0 Å². The number of amides is 1. The number of methoxy groups -OCH3 is 2. The summed E-state index contributed by atoms with van der Waals surface area (Å²) >= 11 is 3.42. The Hall–Kier alpha value is -2.01. The molecule has 2 aromatic rings. The number of anilines is 1. The summed E-state index contributed by atoms with van der Waals surface area (Å²) in [6.07, 6.45) is 0. The first-order valence-electron chi connectivity index (χ1n) is 8.65. The molecule has 0 atom stereocenters. The van der Waals surface area contributed by atoms with E-state index in [-0.39, 0.29) is 36.4 Å². The zero-order valence-electron chi connectivity index (χ0n) is 16.9. The van der Waals surface area contributed by atoms with Crippen LogP contribution in [0.1, 0.15) is 5.56 Å². The molecular formula is C20H26BrIN4O3. The van der Waals surface area contributed by atoms with Crippen molar-refractivity contribution in [3.63, 3.8) is 0 Å². The zero-order chi connectivity index (χ0) is 20.5. The van der Waals surface area contributed by atoms with E-state index in [9.17, 15) is 4.79 Å². The second-order valence-electron chi connectivity index (χ2n) is 6.13. The van der Waals surface area contributed by atoms with Crippen LogP contribution in [0.5, 0.6) is 11.5 Å². The van der Waals surface area contributed by atoms with Crippen molar-refractivity contribution in [2.75, 3.05) is 40.2 Å². The monoisotopic (exact) mass is 576 g/mol. The molecule has 29 heavy (non-hydrogen) atoms. The maximum Gasteiger partial charge on any atom is 0.241 e. The van der Waals surface area contributed by atoms with Gasteiger partial charge >= 0.3 is 0 Å². The Morgan fingerprint density at radius 3 is 2.31 bits per heavy atom. The Kier molecular flexibility index (Phi) is 10.8. The van der Waals surface area contributed by atoms with Crippen LogP contribution in [0.2, 0.25) is 0 Å². The molecule has 0 bridgehead atoms. The molecule has 0 aliphatic carbocycles. The first-order chi connectivity index (χ1) is 13.4. The lowest BCUT2D eigenvalue weighted by molar-refractivity contribution is -0.127. The molecule has 7 nitrogen and oxygen atoms in total. The van der Waals surface area contributed by atoms with Gasteiger partial charge in [0.2, 0.25) is 5.91 Å². The Bertz CT molecular complexity index is 829. The molecule has 0 aliphatic heterocycles. The number of aliphatic imine (C=N–C) groups is 1. The summed E-state index contributed by atoms with van der Waals surface area (Å²) in [5.74, 6) is 1.68. The largest absolute Gasteiger partial charge is 0.493 e. The minimum Gasteiger partial charge on any atom is -0.493 e. The summed E-state index contributed by atoms with van der Waals surface area (Å²) in [4.78, 5) is 18.0.